The number of aryl methyl sites for hydroxylation is 1. The molecule has 4 aromatic rings. The molecule has 200 valence electrons. The number of anilines is 1. The summed E-state index contributed by atoms with van der Waals surface area (Å²) in [7, 11) is 6.03. The molecule has 2 aromatic heterocycles. The lowest BCUT2D eigenvalue weighted by Crippen LogP contribution is -2.38. The van der Waals surface area contributed by atoms with E-state index in [1.807, 2.05) is 12.1 Å². The number of halogens is 1. The Labute approximate surface area is 225 Å². The molecular formula is C25H27BrN6O6. The molecule has 0 aliphatic heterocycles. The lowest BCUT2D eigenvalue weighted by atomic mass is 10.2. The van der Waals surface area contributed by atoms with Crippen molar-refractivity contribution in [3.8, 4) is 17.2 Å². The molecule has 0 aliphatic carbocycles. The number of hydrazone groups is 1. The van der Waals surface area contributed by atoms with E-state index in [9.17, 15) is 14.7 Å². The van der Waals surface area contributed by atoms with Gasteiger partial charge in [-0.1, -0.05) is 15.9 Å². The molecule has 0 fully saturated rings. The van der Waals surface area contributed by atoms with E-state index in [0.717, 1.165) is 9.04 Å². The fourth-order valence-electron chi connectivity index (χ4n) is 3.80. The molecule has 2 N–H and O–H groups in total. The molecule has 2 heterocycles. The first-order chi connectivity index (χ1) is 18.2. The van der Waals surface area contributed by atoms with Gasteiger partial charge in [-0.2, -0.15) is 10.1 Å². The maximum Gasteiger partial charge on any atom is 0.332 e. The summed E-state index contributed by atoms with van der Waals surface area (Å²) in [6.45, 7) is -0.117. The Bertz CT molecular complexity index is 1590. The number of rotatable bonds is 10. The van der Waals surface area contributed by atoms with Gasteiger partial charge in [0.25, 0.3) is 5.56 Å². The quantitative estimate of drug-likeness (QED) is 0.213. The molecule has 0 unspecified atom stereocenters. The highest BCUT2D eigenvalue weighted by Crippen LogP contribution is 2.22. The number of imidazole rings is 1. The van der Waals surface area contributed by atoms with Crippen LogP contribution >= 0.6 is 15.9 Å². The fourth-order valence-corrected chi connectivity index (χ4v) is 4.18. The Morgan fingerprint density at radius 1 is 1.08 bits per heavy atom. The average Bonchev–Trinajstić information content (AvgIpc) is 3.27. The van der Waals surface area contributed by atoms with E-state index in [0.29, 0.717) is 22.8 Å². The van der Waals surface area contributed by atoms with Gasteiger partial charge in [-0.25, -0.2) is 10.2 Å². The topological polar surface area (TPSA) is 134 Å². The third-order valence-corrected chi connectivity index (χ3v) is 6.30. The van der Waals surface area contributed by atoms with Gasteiger partial charge in [-0.05, 0) is 42.5 Å². The van der Waals surface area contributed by atoms with Crippen molar-refractivity contribution in [2.75, 3.05) is 26.3 Å². The average molecular weight is 587 g/mol. The summed E-state index contributed by atoms with van der Waals surface area (Å²) in [5, 5.41) is 15.0. The largest absolute Gasteiger partial charge is 0.497 e. The number of nitrogens with zero attached hydrogens (tertiary/aromatic N) is 5. The molecule has 38 heavy (non-hydrogen) atoms. The van der Waals surface area contributed by atoms with Crippen molar-refractivity contribution in [2.24, 2.45) is 19.2 Å². The molecule has 12 nitrogen and oxygen atoms in total. The Morgan fingerprint density at radius 2 is 1.79 bits per heavy atom. The normalized spacial score (nSPS) is 12.2. The second kappa shape index (κ2) is 11.5. The zero-order valence-electron chi connectivity index (χ0n) is 21.2. The molecule has 13 heteroatoms. The van der Waals surface area contributed by atoms with Crippen LogP contribution in [-0.2, 0) is 20.6 Å². The summed E-state index contributed by atoms with van der Waals surface area (Å²) in [6, 6.07) is 12.4. The van der Waals surface area contributed by atoms with Gasteiger partial charge in [0, 0.05) is 24.1 Å². The number of hydrogen-bond donors (Lipinski definition) is 2. The first-order valence-corrected chi connectivity index (χ1v) is 12.3. The van der Waals surface area contributed by atoms with Crippen LogP contribution in [0.4, 0.5) is 5.95 Å². The van der Waals surface area contributed by atoms with Crippen molar-refractivity contribution >= 4 is 39.3 Å². The van der Waals surface area contributed by atoms with E-state index in [1.54, 1.807) is 44.6 Å². The number of methoxy groups -OCH3 is 2. The first kappa shape index (κ1) is 26.9. The van der Waals surface area contributed by atoms with Crippen molar-refractivity contribution in [2.45, 2.75) is 12.6 Å². The Kier molecular flexibility index (Phi) is 8.17. The molecule has 0 bridgehead atoms. The lowest BCUT2D eigenvalue weighted by Gasteiger charge is -2.15. The van der Waals surface area contributed by atoms with Crippen LogP contribution in [-0.4, -0.2) is 56.9 Å². The van der Waals surface area contributed by atoms with E-state index in [1.165, 1.54) is 29.4 Å². The predicted molar refractivity (Wildman–Crippen MR) is 147 cm³/mol. The van der Waals surface area contributed by atoms with Crippen LogP contribution in [0.25, 0.3) is 11.2 Å². The van der Waals surface area contributed by atoms with Gasteiger partial charge >= 0.3 is 5.69 Å². The van der Waals surface area contributed by atoms with Crippen molar-refractivity contribution in [1.82, 2.24) is 18.7 Å². The van der Waals surface area contributed by atoms with Gasteiger partial charge in [0.05, 0.1) is 27.0 Å². The van der Waals surface area contributed by atoms with Crippen LogP contribution in [0, 0.1) is 0 Å². The Hall–Kier alpha value is -4.10. The van der Waals surface area contributed by atoms with Crippen LogP contribution < -0.4 is 30.9 Å². The third kappa shape index (κ3) is 5.58. The standard InChI is InChI=1S/C25H27BrN6O6/c1-30-22-21(23(34)31(2)25(30)35)32(13-17(33)14-38-19-8-6-18(36-3)7-9-19)24(28-22)29-27-12-15-11-16(26)5-10-20(15)37-4/h5-12,17,33H,13-14H2,1-4H3,(H,28,29)/b27-12-/t17-/m0/s1. The van der Waals surface area contributed by atoms with Gasteiger partial charge in [0.1, 0.15) is 30.0 Å². The highest BCUT2D eigenvalue weighted by Gasteiger charge is 2.21. The number of hydrogen-bond acceptors (Lipinski definition) is 9. The summed E-state index contributed by atoms with van der Waals surface area (Å²) in [5.74, 6) is 1.99. The van der Waals surface area contributed by atoms with Gasteiger partial charge in [-0.3, -0.25) is 13.9 Å². The summed E-state index contributed by atoms with van der Waals surface area (Å²) >= 11 is 3.42. The SMILES string of the molecule is COc1ccc(OC[C@@H](O)Cn2c(N/N=C\c3cc(Br)ccc3OC)nc3c2c(=O)n(C)c(=O)n3C)cc1. The molecular weight excluding hydrogens is 560 g/mol. The van der Waals surface area contributed by atoms with E-state index in [4.69, 9.17) is 14.2 Å². The van der Waals surface area contributed by atoms with E-state index in [-0.39, 0.29) is 30.3 Å². The Morgan fingerprint density at radius 3 is 2.47 bits per heavy atom. The minimum absolute atomic E-state index is 0.0574. The molecule has 0 radical (unpaired) electrons. The highest BCUT2D eigenvalue weighted by atomic mass is 79.9. The number of benzene rings is 2. The summed E-state index contributed by atoms with van der Waals surface area (Å²) in [4.78, 5) is 30.0. The van der Waals surface area contributed by atoms with E-state index < -0.39 is 17.4 Å². The van der Waals surface area contributed by atoms with Crippen molar-refractivity contribution in [3.05, 3.63) is 73.3 Å². The summed E-state index contributed by atoms with van der Waals surface area (Å²) in [6.07, 6.45) is 0.513. The van der Waals surface area contributed by atoms with E-state index >= 15 is 0 Å². The number of ether oxygens (including phenoxy) is 3. The smallest absolute Gasteiger partial charge is 0.332 e. The highest BCUT2D eigenvalue weighted by molar-refractivity contribution is 9.10. The maximum atomic E-state index is 13.0. The molecule has 0 spiro atoms. The number of nitrogens with one attached hydrogen (secondary N) is 1. The number of fused-ring (bicyclic) bond motifs is 1. The Balaban J connectivity index is 1.65. The van der Waals surface area contributed by atoms with Crippen LogP contribution in [0.2, 0.25) is 0 Å². The number of aliphatic hydroxyl groups excluding tert-OH is 1. The zero-order valence-corrected chi connectivity index (χ0v) is 22.8. The maximum absolute atomic E-state index is 13.0. The number of aliphatic hydroxyl groups is 1. The summed E-state index contributed by atoms with van der Waals surface area (Å²) in [5.41, 5.74) is 2.73. The lowest BCUT2D eigenvalue weighted by molar-refractivity contribution is 0.0938. The number of aromatic nitrogens is 4. The van der Waals surface area contributed by atoms with E-state index in [2.05, 4.69) is 31.4 Å². The van der Waals surface area contributed by atoms with Crippen LogP contribution in [0.1, 0.15) is 5.56 Å². The van der Waals surface area contributed by atoms with Crippen molar-refractivity contribution < 1.29 is 19.3 Å². The monoisotopic (exact) mass is 586 g/mol. The van der Waals surface area contributed by atoms with Gasteiger partial charge < -0.3 is 23.9 Å². The van der Waals surface area contributed by atoms with Crippen LogP contribution in [0.15, 0.2) is 61.6 Å². The zero-order chi connectivity index (χ0) is 27.4. The van der Waals surface area contributed by atoms with Gasteiger partial charge in [-0.15, -0.1) is 0 Å². The molecule has 0 saturated carbocycles. The van der Waals surface area contributed by atoms with Crippen molar-refractivity contribution in [1.29, 1.82) is 0 Å². The molecule has 1 atom stereocenters. The van der Waals surface area contributed by atoms with Gasteiger partial charge in [0.15, 0.2) is 11.2 Å². The first-order valence-electron chi connectivity index (χ1n) is 11.5. The van der Waals surface area contributed by atoms with Crippen LogP contribution in [0.5, 0.6) is 17.2 Å². The fraction of sp³-hybridized carbons (Fsp3) is 0.280. The predicted octanol–water partition coefficient (Wildman–Crippen LogP) is 2.10. The molecule has 4 rings (SSSR count). The third-order valence-electron chi connectivity index (χ3n) is 5.80. The van der Waals surface area contributed by atoms with Crippen LogP contribution in [0.3, 0.4) is 0 Å². The summed E-state index contributed by atoms with van der Waals surface area (Å²) < 4.78 is 20.8. The van der Waals surface area contributed by atoms with Gasteiger partial charge in [0.2, 0.25) is 5.95 Å². The molecule has 0 amide bonds. The molecule has 0 aliphatic rings. The second-order valence-electron chi connectivity index (χ2n) is 8.32. The minimum atomic E-state index is -1.02. The molecule has 0 saturated heterocycles. The molecule has 2 aromatic carbocycles. The minimum Gasteiger partial charge on any atom is -0.497 e. The second-order valence-corrected chi connectivity index (χ2v) is 9.24. The van der Waals surface area contributed by atoms with Crippen molar-refractivity contribution in [3.63, 3.8) is 0 Å².